The summed E-state index contributed by atoms with van der Waals surface area (Å²) in [7, 11) is 3.53. The van der Waals surface area contributed by atoms with E-state index in [2.05, 4.69) is 25.8 Å². The number of rotatable bonds is 2. The monoisotopic (exact) mass is 212 g/mol. The third-order valence-corrected chi connectivity index (χ3v) is 2.14. The fourth-order valence-corrected chi connectivity index (χ4v) is 1.50. The molecule has 0 rings (SSSR count). The van der Waals surface area contributed by atoms with Crippen molar-refractivity contribution in [1.82, 2.24) is 4.90 Å². The summed E-state index contributed by atoms with van der Waals surface area (Å²) in [4.78, 5) is 17.7. The van der Waals surface area contributed by atoms with Crippen molar-refractivity contribution in [2.24, 2.45) is 16.3 Å². The molecule has 0 atom stereocenters. The van der Waals surface area contributed by atoms with Gasteiger partial charge in [0.25, 0.3) is 0 Å². The van der Waals surface area contributed by atoms with Gasteiger partial charge in [0.2, 0.25) is 5.91 Å². The summed E-state index contributed by atoms with van der Waals surface area (Å²) >= 11 is 0. The van der Waals surface area contributed by atoms with Crippen LogP contribution in [0.25, 0.3) is 0 Å². The molecule has 1 amide bonds. The number of hydrogen-bond donors (Lipinski definition) is 0. The maximum atomic E-state index is 11.9. The zero-order valence-electron chi connectivity index (χ0n) is 11.1. The van der Waals surface area contributed by atoms with E-state index in [-0.39, 0.29) is 17.2 Å². The molecule has 0 aliphatic rings. The standard InChI is InChI=1S/C12H24N2O/c1-9(2)11(13-6)14(7)10(15)8-12(3,4)5/h9H,8H2,1-7H3/b13-11-. The Bertz CT molecular complexity index is 249. The Morgan fingerprint density at radius 3 is 2.07 bits per heavy atom. The third-order valence-electron chi connectivity index (χ3n) is 2.14. The maximum Gasteiger partial charge on any atom is 0.228 e. The summed E-state index contributed by atoms with van der Waals surface area (Å²) in [6, 6.07) is 0. The van der Waals surface area contributed by atoms with Crippen LogP contribution in [0.15, 0.2) is 4.99 Å². The summed E-state index contributed by atoms with van der Waals surface area (Å²) in [5.41, 5.74) is 0.0289. The number of carbonyl (C=O) groups is 1. The Balaban J connectivity index is 4.58. The van der Waals surface area contributed by atoms with Gasteiger partial charge >= 0.3 is 0 Å². The summed E-state index contributed by atoms with van der Waals surface area (Å²) < 4.78 is 0. The minimum absolute atomic E-state index is 0.0289. The normalized spacial score (nSPS) is 13.2. The minimum Gasteiger partial charge on any atom is -0.304 e. The third kappa shape index (κ3) is 4.96. The molecule has 0 saturated heterocycles. The van der Waals surface area contributed by atoms with Gasteiger partial charge in [-0.05, 0) is 5.41 Å². The second kappa shape index (κ2) is 5.29. The van der Waals surface area contributed by atoms with Gasteiger partial charge in [0.1, 0.15) is 5.84 Å². The Labute approximate surface area is 93.6 Å². The highest BCUT2D eigenvalue weighted by Crippen LogP contribution is 2.20. The van der Waals surface area contributed by atoms with E-state index in [4.69, 9.17) is 0 Å². The van der Waals surface area contributed by atoms with Crippen LogP contribution in [-0.2, 0) is 4.79 Å². The summed E-state index contributed by atoms with van der Waals surface area (Å²) in [5, 5.41) is 0. The van der Waals surface area contributed by atoms with Crippen LogP contribution in [-0.4, -0.2) is 30.7 Å². The lowest BCUT2D eigenvalue weighted by atomic mass is 9.91. The number of amides is 1. The lowest BCUT2D eigenvalue weighted by Crippen LogP contribution is -2.38. The molecule has 0 aromatic carbocycles. The van der Waals surface area contributed by atoms with Crippen LogP contribution in [0.3, 0.4) is 0 Å². The van der Waals surface area contributed by atoms with Gasteiger partial charge in [-0.3, -0.25) is 9.79 Å². The lowest BCUT2D eigenvalue weighted by Gasteiger charge is -2.25. The SMILES string of the molecule is C/N=C(/C(C)C)N(C)C(=O)CC(C)(C)C. The largest absolute Gasteiger partial charge is 0.304 e. The second-order valence-corrected chi connectivity index (χ2v) is 5.43. The molecule has 0 radical (unpaired) electrons. The van der Waals surface area contributed by atoms with Crippen LogP contribution < -0.4 is 0 Å². The first-order valence-corrected chi connectivity index (χ1v) is 5.42. The van der Waals surface area contributed by atoms with E-state index in [1.165, 1.54) is 0 Å². The molecule has 0 bridgehead atoms. The van der Waals surface area contributed by atoms with Gasteiger partial charge in [0.05, 0.1) is 0 Å². The van der Waals surface area contributed by atoms with E-state index in [1.54, 1.807) is 19.0 Å². The van der Waals surface area contributed by atoms with Crippen molar-refractivity contribution in [2.75, 3.05) is 14.1 Å². The first-order valence-electron chi connectivity index (χ1n) is 5.42. The highest BCUT2D eigenvalue weighted by atomic mass is 16.2. The van der Waals surface area contributed by atoms with Crippen molar-refractivity contribution >= 4 is 11.7 Å². The predicted octanol–water partition coefficient (Wildman–Crippen LogP) is 2.57. The number of hydrogen-bond acceptors (Lipinski definition) is 2. The molecule has 0 spiro atoms. The molecule has 88 valence electrons. The van der Waals surface area contributed by atoms with Crippen LogP contribution in [0.4, 0.5) is 0 Å². The molecule has 3 heteroatoms. The Morgan fingerprint density at radius 2 is 1.80 bits per heavy atom. The summed E-state index contributed by atoms with van der Waals surface area (Å²) in [6.45, 7) is 10.3. The quantitative estimate of drug-likeness (QED) is 0.511. The first kappa shape index (κ1) is 14.1. The lowest BCUT2D eigenvalue weighted by molar-refractivity contribution is -0.128. The first-order chi connectivity index (χ1) is 6.69. The van der Waals surface area contributed by atoms with Gasteiger partial charge in [0, 0.05) is 26.4 Å². The number of amidine groups is 1. The van der Waals surface area contributed by atoms with Crippen LogP contribution in [0, 0.1) is 11.3 Å². The number of aliphatic imine (C=N–C) groups is 1. The van der Waals surface area contributed by atoms with Crippen LogP contribution in [0.1, 0.15) is 41.0 Å². The molecule has 0 aliphatic heterocycles. The zero-order valence-corrected chi connectivity index (χ0v) is 11.1. The van der Waals surface area contributed by atoms with Gasteiger partial charge in [-0.2, -0.15) is 0 Å². The van der Waals surface area contributed by atoms with E-state index in [0.717, 1.165) is 5.84 Å². The molecule has 15 heavy (non-hydrogen) atoms. The molecule has 3 nitrogen and oxygen atoms in total. The molecular formula is C12H24N2O. The van der Waals surface area contributed by atoms with E-state index in [9.17, 15) is 4.79 Å². The van der Waals surface area contributed by atoms with Crippen molar-refractivity contribution in [3.05, 3.63) is 0 Å². The smallest absolute Gasteiger partial charge is 0.228 e. The highest BCUT2D eigenvalue weighted by molar-refractivity contribution is 5.98. The van der Waals surface area contributed by atoms with E-state index in [0.29, 0.717) is 6.42 Å². The van der Waals surface area contributed by atoms with E-state index in [1.807, 2.05) is 13.8 Å². The molecule has 0 unspecified atom stereocenters. The van der Waals surface area contributed by atoms with E-state index >= 15 is 0 Å². The fourth-order valence-electron chi connectivity index (χ4n) is 1.50. The molecule has 0 aromatic rings. The van der Waals surface area contributed by atoms with Crippen molar-refractivity contribution in [1.29, 1.82) is 0 Å². The highest BCUT2D eigenvalue weighted by Gasteiger charge is 2.22. The molecule has 0 fully saturated rings. The minimum atomic E-state index is 0.0289. The van der Waals surface area contributed by atoms with Crippen molar-refractivity contribution in [3.63, 3.8) is 0 Å². The fraction of sp³-hybridized carbons (Fsp3) is 0.833. The molecule has 0 aromatic heterocycles. The molecule has 0 N–H and O–H groups in total. The number of carbonyl (C=O) groups excluding carboxylic acids is 1. The maximum absolute atomic E-state index is 11.9. The summed E-state index contributed by atoms with van der Waals surface area (Å²) in [5.74, 6) is 1.27. The van der Waals surface area contributed by atoms with Gasteiger partial charge in [-0.25, -0.2) is 0 Å². The van der Waals surface area contributed by atoms with E-state index < -0.39 is 0 Å². The number of nitrogens with zero attached hydrogens (tertiary/aromatic N) is 2. The topological polar surface area (TPSA) is 32.7 Å². The molecule has 0 aliphatic carbocycles. The Morgan fingerprint density at radius 1 is 1.33 bits per heavy atom. The van der Waals surface area contributed by atoms with Gasteiger partial charge in [-0.15, -0.1) is 0 Å². The van der Waals surface area contributed by atoms with Crippen LogP contribution >= 0.6 is 0 Å². The van der Waals surface area contributed by atoms with Crippen molar-refractivity contribution in [3.8, 4) is 0 Å². The van der Waals surface area contributed by atoms with Crippen LogP contribution in [0.5, 0.6) is 0 Å². The molecule has 0 heterocycles. The second-order valence-electron chi connectivity index (χ2n) is 5.43. The van der Waals surface area contributed by atoms with Crippen molar-refractivity contribution in [2.45, 2.75) is 41.0 Å². The zero-order chi connectivity index (χ0) is 12.2. The average Bonchev–Trinajstić information content (AvgIpc) is 2.01. The Kier molecular flexibility index (Phi) is 4.98. The Hall–Kier alpha value is -0.860. The van der Waals surface area contributed by atoms with Gasteiger partial charge in [-0.1, -0.05) is 34.6 Å². The predicted molar refractivity (Wildman–Crippen MR) is 65.0 cm³/mol. The molecular weight excluding hydrogens is 188 g/mol. The molecule has 0 saturated carbocycles. The van der Waals surface area contributed by atoms with Crippen molar-refractivity contribution < 1.29 is 4.79 Å². The van der Waals surface area contributed by atoms with Crippen LogP contribution in [0.2, 0.25) is 0 Å². The van der Waals surface area contributed by atoms with Gasteiger partial charge in [0.15, 0.2) is 0 Å². The summed E-state index contributed by atoms with van der Waals surface area (Å²) in [6.07, 6.45) is 0.551. The average molecular weight is 212 g/mol. The van der Waals surface area contributed by atoms with Gasteiger partial charge < -0.3 is 4.90 Å².